The van der Waals surface area contributed by atoms with Gasteiger partial charge >= 0.3 is 0 Å². The third kappa shape index (κ3) is 13.8. The summed E-state index contributed by atoms with van der Waals surface area (Å²) >= 11 is 0. The molecule has 91 heavy (non-hydrogen) atoms. The van der Waals surface area contributed by atoms with Crippen LogP contribution in [-0.2, 0) is 35.3 Å². The lowest BCUT2D eigenvalue weighted by molar-refractivity contribution is -0.142. The zero-order valence-corrected chi connectivity index (χ0v) is 53.5. The smallest absolute Gasteiger partial charge is 0.173 e. The Morgan fingerprint density at radius 2 is 1.59 bits per heavy atom. The van der Waals surface area contributed by atoms with Gasteiger partial charge in [-0.25, -0.2) is 0 Å². The molecule has 2 aliphatic heterocycles. The number of H-pyrrole nitrogens is 1. The molecule has 9 bridgehead atoms. The molecule has 13 nitrogen and oxygen atoms in total. The Morgan fingerprint density at radius 1 is 0.780 bits per heavy atom. The second-order valence-electron chi connectivity index (χ2n) is 28.0. The van der Waals surface area contributed by atoms with Gasteiger partial charge in [0.2, 0.25) is 0 Å². The van der Waals surface area contributed by atoms with E-state index >= 15 is 4.79 Å². The molecular weight excluding hydrogens is 1140 g/mol. The first-order valence-electron chi connectivity index (χ1n) is 34.0. The van der Waals surface area contributed by atoms with Crippen LogP contribution in [0.25, 0.3) is 10.8 Å². The van der Waals surface area contributed by atoms with Crippen LogP contribution in [-0.4, -0.2) is 92.2 Å². The largest absolute Gasteiger partial charge is 0.508 e. The molecule has 6 aliphatic rings. The maximum absolute atomic E-state index is 15.7. The normalized spacial score (nSPS) is 29.1. The Balaban J connectivity index is 0.987. The Morgan fingerprint density at radius 3 is 2.38 bits per heavy atom. The average molecular weight is 1230 g/mol. The van der Waals surface area contributed by atoms with E-state index in [1.807, 2.05) is 48.7 Å². The molecule has 1 aromatic heterocycles. The van der Waals surface area contributed by atoms with Crippen molar-refractivity contribution in [3.05, 3.63) is 171 Å². The van der Waals surface area contributed by atoms with Crippen molar-refractivity contribution in [2.75, 3.05) is 32.1 Å². The maximum atomic E-state index is 15.7. The molecule has 10 N–H and O–H groups in total. The summed E-state index contributed by atoms with van der Waals surface area (Å²) in [5, 5.41) is 82.8. The van der Waals surface area contributed by atoms with E-state index in [4.69, 9.17) is 4.74 Å². The van der Waals surface area contributed by atoms with Gasteiger partial charge in [-0.1, -0.05) is 113 Å². The lowest BCUT2D eigenvalue weighted by Crippen LogP contribution is -2.40. The van der Waals surface area contributed by atoms with Crippen LogP contribution >= 0.6 is 0 Å². The van der Waals surface area contributed by atoms with E-state index < -0.39 is 47.6 Å². The summed E-state index contributed by atoms with van der Waals surface area (Å²) in [6.45, 7) is 8.17. The van der Waals surface area contributed by atoms with Crippen molar-refractivity contribution in [3.63, 3.8) is 0 Å². The van der Waals surface area contributed by atoms with E-state index in [1.54, 1.807) is 18.2 Å². The topological polar surface area (TPSA) is 217 Å². The number of aliphatic hydroxyl groups excluding tert-OH is 3. The van der Waals surface area contributed by atoms with Crippen LogP contribution in [0.2, 0.25) is 0 Å². The minimum atomic E-state index is -1.87. The lowest BCUT2D eigenvalue weighted by atomic mass is 9.62. The van der Waals surface area contributed by atoms with Gasteiger partial charge in [0.15, 0.2) is 29.2 Å². The van der Waals surface area contributed by atoms with Crippen LogP contribution < -0.4 is 20.7 Å². The molecule has 0 amide bonds. The number of aryl methyl sites for hydroxylation is 1. The molecule has 0 radical (unpaired) electrons. The molecule has 5 aromatic carbocycles. The van der Waals surface area contributed by atoms with Crippen LogP contribution in [0.4, 0.5) is 5.69 Å². The van der Waals surface area contributed by atoms with E-state index in [2.05, 4.69) is 102 Å². The van der Waals surface area contributed by atoms with Crippen LogP contribution in [0.3, 0.4) is 0 Å². The molecule has 0 saturated heterocycles. The number of hydrogen-bond acceptors (Lipinski definition) is 12. The second-order valence-corrected chi connectivity index (χ2v) is 28.0. The molecule has 12 rings (SSSR count). The highest BCUT2D eigenvalue weighted by molar-refractivity contribution is 6.06. The van der Waals surface area contributed by atoms with Crippen molar-refractivity contribution in [2.24, 2.45) is 46.8 Å². The number of Topliss-reactive ketones (excluding diaryl/α,β-unsaturated/α-hetero) is 2. The summed E-state index contributed by atoms with van der Waals surface area (Å²) in [7, 11) is 1.51. The van der Waals surface area contributed by atoms with E-state index in [0.717, 1.165) is 108 Å². The number of ether oxygens (including phenoxy) is 1. The highest BCUT2D eigenvalue weighted by Gasteiger charge is 2.51. The summed E-state index contributed by atoms with van der Waals surface area (Å²) < 4.78 is 5.73. The number of β-amino-alcohol motifs (C(OH)–C–C–N with tert-alkyl or cyclic N) is 1. The number of dihydropyridines is 1. The number of carbonyl (C=O) groups is 2. The van der Waals surface area contributed by atoms with Gasteiger partial charge < -0.3 is 56.3 Å². The van der Waals surface area contributed by atoms with Crippen molar-refractivity contribution in [3.8, 4) is 34.8 Å². The van der Waals surface area contributed by atoms with E-state index in [1.165, 1.54) is 18.2 Å². The van der Waals surface area contributed by atoms with Gasteiger partial charge in [0, 0.05) is 73.7 Å². The van der Waals surface area contributed by atoms with E-state index in [9.17, 15) is 35.4 Å². The Bertz CT molecular complexity index is 3730. The van der Waals surface area contributed by atoms with E-state index in [0.29, 0.717) is 74.5 Å². The SMILES string of the molecule is CCC[C@@H]1[C@@H]2C[C@@H](C[C@@H]3C#C[C@@H](c4ccccc4[C@H]4CC[C@H](Cc5cccc(O)c5)[C@H](C)C4)c4cc(O)c(OC)cc4CCC(=O)[C@@H](O)C(=O)[C@H]3C2)C2(CCCC2)C2=CCNC(=C2)Nc2ccc3ccc(c(O)c3c2)C[C@@H](O)CNC[C@H](C)c2c[nH]c(c2)C[C@H]1O. The van der Waals surface area contributed by atoms with Crippen molar-refractivity contribution in [2.45, 2.75) is 166 Å². The standard InChI is InChI=1S/C78H94N4O9/c1-5-11-64-55-34-58(78(27-8-9-28-78)57-26-29-80-74(39-57)82-59-23-20-49-16-19-54(75(88)69(49)40-59)36-62(84)45-79-43-47(3)56-35-60(81-44-56)41-71(64)86)33-52-21-24-66(67-42-72(87)73(91-4)38-53(67)22-25-70(85)77(90)76(89)68(52)37-55)65-15-7-6-14-63(65)51-18-17-50(46(2)30-51)31-48-12-10-13-61(83)32-48/h6-7,10,12-16,19-20,23,26,32,35,38-40,42,44,46-47,50-52,55,58,62,64,66,68,71,77,79-84,86-88,90H,5,8-9,11,17-18,22,25,27-31,33-34,36-37,41,43,45H2,1-4H3/t46-,47+,50-,51+,52+,55-,58-,62-,64-,66+,68+,71-,77-/m1/s1. The number of phenolic OH excluding ortho intramolecular Hbond substituents is 3. The summed E-state index contributed by atoms with van der Waals surface area (Å²) in [5.74, 6) is 6.95. The van der Waals surface area contributed by atoms with Crippen LogP contribution in [0.15, 0.2) is 127 Å². The molecule has 1 spiro atoms. The van der Waals surface area contributed by atoms with Gasteiger partial charge in [-0.3, -0.25) is 9.59 Å². The highest BCUT2D eigenvalue weighted by atomic mass is 16.5. The predicted molar refractivity (Wildman–Crippen MR) is 358 cm³/mol. The zero-order valence-electron chi connectivity index (χ0n) is 53.5. The van der Waals surface area contributed by atoms with Crippen molar-refractivity contribution >= 4 is 28.0 Å². The van der Waals surface area contributed by atoms with Gasteiger partial charge in [-0.2, -0.15) is 0 Å². The first-order chi connectivity index (χ1) is 44.1. The minimum Gasteiger partial charge on any atom is -0.508 e. The van der Waals surface area contributed by atoms with Crippen LogP contribution in [0.5, 0.6) is 23.0 Å². The first kappa shape index (κ1) is 63.8. The number of rotatable bonds is 7. The number of ketones is 2. The van der Waals surface area contributed by atoms with Crippen molar-refractivity contribution in [1.29, 1.82) is 0 Å². The Kier molecular flexibility index (Phi) is 19.5. The Labute approximate surface area is 537 Å². The van der Waals surface area contributed by atoms with Crippen molar-refractivity contribution < 1.29 is 45.0 Å². The molecule has 13 heteroatoms. The van der Waals surface area contributed by atoms with Gasteiger partial charge in [0.05, 0.1) is 25.2 Å². The number of anilines is 1. The molecule has 3 heterocycles. The summed E-state index contributed by atoms with van der Waals surface area (Å²) in [6, 6.07) is 31.8. The predicted octanol–water partition coefficient (Wildman–Crippen LogP) is 13.0. The van der Waals surface area contributed by atoms with Gasteiger partial charge in [0.25, 0.3) is 0 Å². The molecule has 3 saturated carbocycles. The number of methoxy groups -OCH3 is 1. The molecule has 3 fully saturated rings. The third-order valence-electron chi connectivity index (χ3n) is 22.3. The quantitative estimate of drug-likeness (QED) is 0.0534. The lowest BCUT2D eigenvalue weighted by Gasteiger charge is -2.43. The molecule has 13 atom stereocenters. The van der Waals surface area contributed by atoms with Crippen molar-refractivity contribution in [1.82, 2.24) is 15.6 Å². The van der Waals surface area contributed by atoms with Crippen LogP contribution in [0.1, 0.15) is 167 Å². The number of benzene rings is 5. The summed E-state index contributed by atoms with van der Waals surface area (Å²) in [4.78, 5) is 33.9. The number of aliphatic hydroxyl groups is 3. The number of aromatic nitrogens is 1. The van der Waals surface area contributed by atoms with Crippen LogP contribution in [0, 0.1) is 58.7 Å². The number of carbonyl (C=O) groups excluding carboxylic acids is 2. The second kappa shape index (κ2) is 27.9. The molecule has 4 aliphatic carbocycles. The number of nitrogens with one attached hydrogen (secondary N) is 4. The fraction of sp³-hybridized carbons (Fsp3) is 0.487. The van der Waals surface area contributed by atoms with Gasteiger partial charge in [-0.15, -0.1) is 0 Å². The molecule has 480 valence electrons. The number of phenols is 3. The number of allylic oxidation sites excluding steroid dienone is 2. The zero-order chi connectivity index (χ0) is 63.5. The third-order valence-corrected chi connectivity index (χ3v) is 22.3. The monoisotopic (exact) mass is 1230 g/mol. The molecule has 0 unspecified atom stereocenters. The fourth-order valence-electron chi connectivity index (χ4n) is 17.4. The molecule has 6 aromatic rings. The Hall–Kier alpha value is -7.34. The average Bonchev–Trinajstić information content (AvgIpc) is 1.78. The highest BCUT2D eigenvalue weighted by Crippen LogP contribution is 2.58. The number of hydrogen-bond donors (Lipinski definition) is 10. The summed E-state index contributed by atoms with van der Waals surface area (Å²) in [6.07, 6.45) is 14.7. The van der Waals surface area contributed by atoms with Gasteiger partial charge in [0.1, 0.15) is 17.3 Å². The molecular formula is C78H94N4O9. The first-order valence-corrected chi connectivity index (χ1v) is 34.0. The summed E-state index contributed by atoms with van der Waals surface area (Å²) in [5.41, 5.74) is 9.22. The number of aromatic hydroxyl groups is 3. The number of aromatic amines is 1. The van der Waals surface area contributed by atoms with E-state index in [-0.39, 0.29) is 77.3 Å². The number of fused-ring (bicyclic) bond motifs is 11. The minimum absolute atomic E-state index is 0.0274. The fourth-order valence-corrected chi connectivity index (χ4v) is 17.4. The van der Waals surface area contributed by atoms with Gasteiger partial charge in [-0.05, 0) is 216 Å². The maximum Gasteiger partial charge on any atom is 0.173 e.